The van der Waals surface area contributed by atoms with Gasteiger partial charge >= 0.3 is 0 Å². The van der Waals surface area contributed by atoms with Crippen LogP contribution in [0.3, 0.4) is 0 Å². The van der Waals surface area contributed by atoms with Gasteiger partial charge in [0.2, 0.25) is 0 Å². The second-order valence-corrected chi connectivity index (χ2v) is 20.2. The molecule has 9 aromatic carbocycles. The molecule has 0 amide bonds. The van der Waals surface area contributed by atoms with Crippen LogP contribution in [0.4, 0.5) is 34.1 Å². The summed E-state index contributed by atoms with van der Waals surface area (Å²) >= 11 is 8.78. The molecule has 3 nitrogen and oxygen atoms in total. The number of benzene rings is 9. The van der Waals surface area contributed by atoms with Crippen molar-refractivity contribution >= 4 is 103 Å². The number of thiol groups is 1. The summed E-state index contributed by atoms with van der Waals surface area (Å²) in [6.07, 6.45) is 4.90. The van der Waals surface area contributed by atoms with Crippen LogP contribution in [0.5, 0.6) is 0 Å². The zero-order valence-corrected chi connectivity index (χ0v) is 38.6. The average molecular weight is 895 g/mol. The highest BCUT2D eigenvalue weighted by Crippen LogP contribution is 2.52. The summed E-state index contributed by atoms with van der Waals surface area (Å²) in [7, 11) is 0. The lowest BCUT2D eigenvalue weighted by Crippen LogP contribution is -2.19. The topological polar surface area (TPSA) is 19.6 Å². The number of furan rings is 1. The monoisotopic (exact) mass is 894 g/mol. The fraction of sp³-hybridized carbons (Fsp3) is 0.119. The summed E-state index contributed by atoms with van der Waals surface area (Å²) < 4.78 is 6.83. The average Bonchev–Trinajstić information content (AvgIpc) is 3.73. The van der Waals surface area contributed by atoms with Gasteiger partial charge in [0.15, 0.2) is 5.58 Å². The lowest BCUT2D eigenvalue weighted by molar-refractivity contribution is 0.456. The highest BCUT2D eigenvalue weighted by molar-refractivity contribution is 8.05. The third kappa shape index (κ3) is 7.48. The van der Waals surface area contributed by atoms with E-state index in [1.54, 1.807) is 0 Å². The molecule has 2 atom stereocenters. The van der Waals surface area contributed by atoms with E-state index in [0.29, 0.717) is 11.2 Å². The van der Waals surface area contributed by atoms with E-state index < -0.39 is 0 Å². The summed E-state index contributed by atoms with van der Waals surface area (Å²) in [5.41, 5.74) is 13.4. The van der Waals surface area contributed by atoms with Crippen molar-refractivity contribution in [3.8, 4) is 11.1 Å². The molecule has 1 aliphatic carbocycles. The van der Waals surface area contributed by atoms with Gasteiger partial charge in [-0.25, -0.2) is 0 Å². The number of rotatable bonds is 8. The Morgan fingerprint density at radius 1 is 0.477 bits per heavy atom. The van der Waals surface area contributed by atoms with Crippen molar-refractivity contribution in [1.29, 1.82) is 0 Å². The highest BCUT2D eigenvalue weighted by atomic mass is 32.2. The van der Waals surface area contributed by atoms with Gasteiger partial charge in [-0.15, -0.1) is 0 Å². The smallest absolute Gasteiger partial charge is 0.159 e. The van der Waals surface area contributed by atoms with Crippen molar-refractivity contribution in [1.82, 2.24) is 0 Å². The van der Waals surface area contributed by atoms with Crippen molar-refractivity contribution in [2.24, 2.45) is 0 Å². The third-order valence-electron chi connectivity index (χ3n) is 13.3. The van der Waals surface area contributed by atoms with Gasteiger partial charge in [0, 0.05) is 64.0 Å². The van der Waals surface area contributed by atoms with Crippen molar-refractivity contribution in [2.75, 3.05) is 9.80 Å². The predicted octanol–water partition coefficient (Wildman–Crippen LogP) is 18.2. The maximum atomic E-state index is 6.83. The number of aryl methyl sites for hydroxylation is 1. The molecule has 2 heterocycles. The Morgan fingerprint density at radius 3 is 1.89 bits per heavy atom. The zero-order valence-electron chi connectivity index (χ0n) is 36.0. The molecule has 0 radical (unpaired) electrons. The molecule has 0 N–H and O–H groups in total. The lowest BCUT2D eigenvalue weighted by atomic mass is 9.81. The largest absolute Gasteiger partial charge is 0.454 e. The molecule has 0 saturated heterocycles. The van der Waals surface area contributed by atoms with Crippen molar-refractivity contribution in [2.45, 2.75) is 63.4 Å². The Bertz CT molecular complexity index is 3400. The van der Waals surface area contributed by atoms with Crippen LogP contribution < -0.4 is 9.80 Å². The molecule has 316 valence electrons. The predicted molar refractivity (Wildman–Crippen MR) is 279 cm³/mol. The minimum atomic E-state index is 0.392. The van der Waals surface area contributed by atoms with Crippen LogP contribution in [0.1, 0.15) is 42.7 Å². The Hall–Kier alpha value is -6.31. The molecule has 1 aliphatic heterocycles. The second-order valence-electron chi connectivity index (χ2n) is 17.3. The van der Waals surface area contributed by atoms with E-state index in [9.17, 15) is 0 Å². The van der Waals surface area contributed by atoms with Crippen LogP contribution in [0.15, 0.2) is 218 Å². The number of nitrogens with zero attached hydrogens (tertiary/aromatic N) is 2. The van der Waals surface area contributed by atoms with Gasteiger partial charge in [-0.05, 0) is 162 Å². The molecular formula is C59H46N2OS3. The highest BCUT2D eigenvalue weighted by Gasteiger charge is 2.27. The molecule has 12 rings (SSSR count). The van der Waals surface area contributed by atoms with Gasteiger partial charge in [0.25, 0.3) is 0 Å². The van der Waals surface area contributed by atoms with Crippen molar-refractivity contribution < 1.29 is 4.42 Å². The van der Waals surface area contributed by atoms with Crippen LogP contribution in [0, 0.1) is 6.92 Å². The summed E-state index contributed by atoms with van der Waals surface area (Å²) in [6, 6.07) is 70.9. The van der Waals surface area contributed by atoms with E-state index >= 15 is 0 Å². The Balaban J connectivity index is 0.975. The number of para-hydroxylation sites is 3. The molecule has 2 unspecified atom stereocenters. The second kappa shape index (κ2) is 16.9. The summed E-state index contributed by atoms with van der Waals surface area (Å²) in [5.74, 6) is 0.466. The van der Waals surface area contributed by atoms with Crippen LogP contribution in [0.25, 0.3) is 43.8 Å². The maximum Gasteiger partial charge on any atom is 0.159 e. The maximum absolute atomic E-state index is 6.83. The van der Waals surface area contributed by atoms with Crippen LogP contribution in [-0.4, -0.2) is 5.25 Å². The molecule has 1 saturated carbocycles. The van der Waals surface area contributed by atoms with E-state index in [4.69, 9.17) is 17.0 Å². The first-order valence-electron chi connectivity index (χ1n) is 22.6. The van der Waals surface area contributed by atoms with E-state index in [-0.39, 0.29) is 0 Å². The van der Waals surface area contributed by atoms with Gasteiger partial charge in [0.1, 0.15) is 5.58 Å². The summed E-state index contributed by atoms with van der Waals surface area (Å²) in [6.45, 7) is 2.26. The van der Waals surface area contributed by atoms with Crippen LogP contribution in [-0.2, 0) is 0 Å². The molecule has 0 spiro atoms. The molecule has 6 heteroatoms. The van der Waals surface area contributed by atoms with E-state index in [1.165, 1.54) is 72.9 Å². The minimum absolute atomic E-state index is 0.392. The summed E-state index contributed by atoms with van der Waals surface area (Å²) in [5, 5.41) is 4.96. The Labute approximate surface area is 394 Å². The van der Waals surface area contributed by atoms with Gasteiger partial charge in [-0.1, -0.05) is 127 Å². The SMILES string of the molecule is Cc1ccc(N(c2ccccc2)c2ccc3cc(-c4cc(N(c5ccccc5)c5ccc6c(c5)Sc5ccccc5S6)c5oc6ccccc6c5c4)ccc3c2)cc1C1CCCCC1S. The molecule has 10 aromatic rings. The number of hydrogen-bond donors (Lipinski definition) is 1. The number of fused-ring (bicyclic) bond motifs is 6. The van der Waals surface area contributed by atoms with Gasteiger partial charge < -0.3 is 14.2 Å². The normalized spacial score (nSPS) is 15.8. The first-order chi connectivity index (χ1) is 32.0. The molecule has 0 bridgehead atoms. The van der Waals surface area contributed by atoms with Crippen LogP contribution in [0.2, 0.25) is 0 Å². The molecule has 1 aromatic heterocycles. The fourth-order valence-electron chi connectivity index (χ4n) is 10.0. The molecular weight excluding hydrogens is 849 g/mol. The van der Waals surface area contributed by atoms with E-state index in [0.717, 1.165) is 61.5 Å². The lowest BCUT2D eigenvalue weighted by Gasteiger charge is -2.32. The third-order valence-corrected chi connectivity index (χ3v) is 16.4. The Kier molecular flexibility index (Phi) is 10.5. The van der Waals surface area contributed by atoms with Gasteiger partial charge in [-0.2, -0.15) is 12.6 Å². The number of anilines is 6. The molecule has 2 aliphatic rings. The van der Waals surface area contributed by atoms with Crippen molar-refractivity contribution in [3.63, 3.8) is 0 Å². The fourth-order valence-corrected chi connectivity index (χ4v) is 12.8. The first-order valence-corrected chi connectivity index (χ1v) is 24.7. The van der Waals surface area contributed by atoms with Crippen LogP contribution >= 0.6 is 36.2 Å². The van der Waals surface area contributed by atoms with Gasteiger partial charge in [-0.3, -0.25) is 0 Å². The number of hydrogen-bond acceptors (Lipinski definition) is 6. The standard InChI is InChI=1S/C59H46N2OS3/c1-38-24-28-46(36-50(38)49-19-9-11-21-54(49)63)60(43-14-4-2-5-15-43)45-29-27-39-32-40(25-26-41(39)33-45)42-34-51-48-18-8-10-20-53(48)62-59(51)52(35-42)61(44-16-6-3-7-17-44)47-30-31-57-58(37-47)65-56-23-13-12-22-55(56)64-57/h2-8,10,12-18,20,22-37,49,54,63H,9,11,19,21H2,1H3. The summed E-state index contributed by atoms with van der Waals surface area (Å²) in [4.78, 5) is 9.89. The minimum Gasteiger partial charge on any atom is -0.454 e. The molecule has 65 heavy (non-hydrogen) atoms. The van der Waals surface area contributed by atoms with Gasteiger partial charge in [0.05, 0.1) is 5.69 Å². The molecule has 1 fully saturated rings. The van der Waals surface area contributed by atoms with E-state index in [2.05, 4.69) is 211 Å². The Morgan fingerprint density at radius 2 is 1.09 bits per heavy atom. The quantitative estimate of drug-likeness (QED) is 0.153. The zero-order chi connectivity index (χ0) is 43.4. The van der Waals surface area contributed by atoms with Crippen molar-refractivity contribution in [3.05, 3.63) is 205 Å². The first kappa shape index (κ1) is 40.2. The van der Waals surface area contributed by atoms with E-state index in [1.807, 2.05) is 23.5 Å².